The molecule has 0 fully saturated rings. The summed E-state index contributed by atoms with van der Waals surface area (Å²) in [6.07, 6.45) is 7.28. The maximum atomic E-state index is 11.5. The highest BCUT2D eigenvalue weighted by molar-refractivity contribution is 6.21. The average molecular weight is 319 g/mol. The van der Waals surface area contributed by atoms with Gasteiger partial charge in [-0.1, -0.05) is 38.3 Å². The van der Waals surface area contributed by atoms with E-state index >= 15 is 0 Å². The second-order valence-corrected chi connectivity index (χ2v) is 5.55. The maximum Gasteiger partial charge on any atom is 0.313 e. The summed E-state index contributed by atoms with van der Waals surface area (Å²) in [6.45, 7) is 4.11. The molecule has 2 unspecified atom stereocenters. The molecule has 0 aliphatic carbocycles. The van der Waals surface area contributed by atoms with E-state index < -0.39 is 12.1 Å². The number of aliphatic hydroxyl groups excluding tert-OH is 1. The third-order valence-corrected chi connectivity index (χ3v) is 3.50. The van der Waals surface area contributed by atoms with E-state index in [0.29, 0.717) is 6.42 Å². The number of Topliss-reactive ketones (excluding diaryl/α,β-unsaturated/α-hetero) is 1. The molecule has 0 bridgehead atoms. The van der Waals surface area contributed by atoms with Crippen LogP contribution in [0.2, 0.25) is 0 Å². The minimum Gasteiger partial charge on any atom is -0.466 e. The highest BCUT2D eigenvalue weighted by Gasteiger charge is 2.13. The summed E-state index contributed by atoms with van der Waals surface area (Å²) in [4.78, 5) is 22.5. The molecule has 0 saturated heterocycles. The molecule has 21 heavy (non-hydrogen) atoms. The number of allylic oxidation sites excluding steroid dienone is 1. The summed E-state index contributed by atoms with van der Waals surface area (Å²) in [5.74, 6) is -0.638. The first-order valence-corrected chi connectivity index (χ1v) is 8.11. The number of alkyl halides is 1. The molecule has 0 aromatic rings. The van der Waals surface area contributed by atoms with Crippen molar-refractivity contribution in [2.45, 2.75) is 70.3 Å². The molecule has 122 valence electrons. The first-order valence-electron chi connectivity index (χ1n) is 7.67. The third-order valence-electron chi connectivity index (χ3n) is 3.02. The van der Waals surface area contributed by atoms with E-state index in [-0.39, 0.29) is 30.6 Å². The Hall–Kier alpha value is -0.870. The molecule has 1 N–H and O–H groups in total. The fraction of sp³-hybridized carbons (Fsp3) is 0.750. The van der Waals surface area contributed by atoms with Gasteiger partial charge in [-0.15, -0.1) is 11.6 Å². The Balaban J connectivity index is 3.83. The molecule has 0 aliphatic rings. The first-order chi connectivity index (χ1) is 10.0. The van der Waals surface area contributed by atoms with Gasteiger partial charge in [0.05, 0.1) is 18.1 Å². The number of hydrogen-bond acceptors (Lipinski definition) is 4. The zero-order valence-electron chi connectivity index (χ0n) is 13.0. The molecule has 0 saturated carbocycles. The lowest BCUT2D eigenvalue weighted by atomic mass is 10.1. The Morgan fingerprint density at radius 2 is 2.00 bits per heavy atom. The fourth-order valence-corrected chi connectivity index (χ4v) is 2.06. The number of rotatable bonds is 12. The number of carbonyl (C=O) groups is 2. The van der Waals surface area contributed by atoms with Gasteiger partial charge in [-0.05, 0) is 19.8 Å². The Bertz CT molecular complexity index is 328. The van der Waals surface area contributed by atoms with E-state index in [1.54, 1.807) is 19.1 Å². The lowest BCUT2D eigenvalue weighted by Crippen LogP contribution is -2.18. The molecule has 5 heteroatoms. The molecule has 0 radical (unpaired) electrons. The van der Waals surface area contributed by atoms with Gasteiger partial charge in [0, 0.05) is 6.42 Å². The van der Waals surface area contributed by atoms with Gasteiger partial charge in [0.25, 0.3) is 0 Å². The molecule has 4 nitrogen and oxygen atoms in total. The Morgan fingerprint density at radius 3 is 2.62 bits per heavy atom. The van der Waals surface area contributed by atoms with E-state index in [4.69, 9.17) is 16.3 Å². The zero-order chi connectivity index (χ0) is 16.1. The smallest absolute Gasteiger partial charge is 0.313 e. The molecule has 2 atom stereocenters. The third kappa shape index (κ3) is 11.5. The number of ether oxygens (including phenoxy) is 1. The Morgan fingerprint density at radius 1 is 1.29 bits per heavy atom. The largest absolute Gasteiger partial charge is 0.466 e. The number of carbonyl (C=O) groups excluding carboxylic acids is 2. The van der Waals surface area contributed by atoms with Crippen molar-refractivity contribution in [2.75, 3.05) is 6.61 Å². The fourth-order valence-electron chi connectivity index (χ4n) is 1.82. The van der Waals surface area contributed by atoms with Crippen LogP contribution in [0.5, 0.6) is 0 Å². The van der Waals surface area contributed by atoms with Gasteiger partial charge in [-0.25, -0.2) is 0 Å². The van der Waals surface area contributed by atoms with Crippen LogP contribution in [0.3, 0.4) is 0 Å². The standard InChI is InChI=1S/C16H27ClO4/c1-3-5-6-10-14(17)15(19)11-8-7-9-13(18)12-16(20)21-4-2/h8,11,14-15,19H,3-7,9-10,12H2,1-2H3. The average Bonchev–Trinajstić information content (AvgIpc) is 2.43. The summed E-state index contributed by atoms with van der Waals surface area (Å²) in [5.41, 5.74) is 0. The van der Waals surface area contributed by atoms with Crippen LogP contribution in [-0.4, -0.2) is 34.9 Å². The molecule has 0 aromatic carbocycles. The summed E-state index contributed by atoms with van der Waals surface area (Å²) in [7, 11) is 0. The number of unbranched alkanes of at least 4 members (excludes halogenated alkanes) is 2. The lowest BCUT2D eigenvalue weighted by molar-refractivity contribution is -0.145. The van der Waals surface area contributed by atoms with Crippen LogP contribution >= 0.6 is 11.6 Å². The van der Waals surface area contributed by atoms with Crippen molar-refractivity contribution in [1.82, 2.24) is 0 Å². The number of ketones is 1. The van der Waals surface area contributed by atoms with Crippen LogP contribution in [-0.2, 0) is 14.3 Å². The second-order valence-electron chi connectivity index (χ2n) is 4.99. The predicted molar refractivity (Wildman–Crippen MR) is 84.4 cm³/mol. The molecule has 0 rings (SSSR count). The molecule has 0 spiro atoms. The number of esters is 1. The van der Waals surface area contributed by atoms with Crippen molar-refractivity contribution in [3.63, 3.8) is 0 Å². The molecular formula is C16H27ClO4. The maximum absolute atomic E-state index is 11.5. The minimum atomic E-state index is -0.691. The first kappa shape index (κ1) is 20.1. The van der Waals surface area contributed by atoms with E-state index in [0.717, 1.165) is 25.7 Å². The molecular weight excluding hydrogens is 292 g/mol. The summed E-state index contributed by atoms with van der Waals surface area (Å²) in [6, 6.07) is 0. The number of hydrogen-bond donors (Lipinski definition) is 1. The Labute approximate surface area is 132 Å². The van der Waals surface area contributed by atoms with E-state index in [9.17, 15) is 14.7 Å². The van der Waals surface area contributed by atoms with E-state index in [1.165, 1.54) is 0 Å². The van der Waals surface area contributed by atoms with Crippen molar-refractivity contribution >= 4 is 23.4 Å². The predicted octanol–water partition coefficient (Wildman–Crippen LogP) is 3.39. The normalized spacial score (nSPS) is 14.1. The van der Waals surface area contributed by atoms with Crippen molar-refractivity contribution in [3.8, 4) is 0 Å². The SMILES string of the molecule is CCCCCC(Cl)C(O)C=CCCC(=O)CC(=O)OCC. The molecule has 0 aromatic heterocycles. The van der Waals surface area contributed by atoms with Gasteiger partial charge in [-0.2, -0.15) is 0 Å². The minimum absolute atomic E-state index is 0.155. The topological polar surface area (TPSA) is 63.6 Å². The van der Waals surface area contributed by atoms with E-state index in [1.807, 2.05) is 0 Å². The number of halogens is 1. The van der Waals surface area contributed by atoms with Crippen molar-refractivity contribution in [3.05, 3.63) is 12.2 Å². The monoisotopic (exact) mass is 318 g/mol. The lowest BCUT2D eigenvalue weighted by Gasteiger charge is -2.12. The number of aliphatic hydroxyl groups is 1. The summed E-state index contributed by atoms with van der Waals surface area (Å²) >= 11 is 6.08. The van der Waals surface area contributed by atoms with Gasteiger partial charge >= 0.3 is 5.97 Å². The molecule has 0 heterocycles. The van der Waals surface area contributed by atoms with Crippen molar-refractivity contribution < 1.29 is 19.4 Å². The molecule has 0 aliphatic heterocycles. The van der Waals surface area contributed by atoms with Crippen molar-refractivity contribution in [1.29, 1.82) is 0 Å². The van der Waals surface area contributed by atoms with Crippen LogP contribution in [0.25, 0.3) is 0 Å². The summed E-state index contributed by atoms with van der Waals surface area (Å²) in [5, 5.41) is 9.53. The van der Waals surface area contributed by atoms with Gasteiger partial charge in [0.15, 0.2) is 0 Å². The Kier molecular flexibility index (Phi) is 12.3. The summed E-state index contributed by atoms with van der Waals surface area (Å²) < 4.78 is 4.70. The molecule has 0 amide bonds. The highest BCUT2D eigenvalue weighted by atomic mass is 35.5. The van der Waals surface area contributed by atoms with Crippen LogP contribution < -0.4 is 0 Å². The van der Waals surface area contributed by atoms with Crippen LogP contribution in [0, 0.1) is 0 Å². The highest BCUT2D eigenvalue weighted by Crippen LogP contribution is 2.14. The van der Waals surface area contributed by atoms with Gasteiger partial charge < -0.3 is 9.84 Å². The quantitative estimate of drug-likeness (QED) is 0.197. The van der Waals surface area contributed by atoms with Gasteiger partial charge in [0.1, 0.15) is 12.2 Å². The van der Waals surface area contributed by atoms with Gasteiger partial charge in [-0.3, -0.25) is 9.59 Å². The van der Waals surface area contributed by atoms with Crippen LogP contribution in [0.15, 0.2) is 12.2 Å². The van der Waals surface area contributed by atoms with Crippen LogP contribution in [0.1, 0.15) is 58.8 Å². The van der Waals surface area contributed by atoms with E-state index in [2.05, 4.69) is 6.92 Å². The van der Waals surface area contributed by atoms with Gasteiger partial charge in [0.2, 0.25) is 0 Å². The van der Waals surface area contributed by atoms with Crippen LogP contribution in [0.4, 0.5) is 0 Å². The second kappa shape index (κ2) is 12.8. The van der Waals surface area contributed by atoms with Crippen molar-refractivity contribution in [2.24, 2.45) is 0 Å². The zero-order valence-corrected chi connectivity index (χ0v) is 13.8.